The number of anilines is 1. The van der Waals surface area contributed by atoms with Gasteiger partial charge in [-0.3, -0.25) is 4.79 Å². The lowest BCUT2D eigenvalue weighted by molar-refractivity contribution is 0.0727. The zero-order valence-electron chi connectivity index (χ0n) is 10.1. The maximum absolute atomic E-state index is 12.4. The SMILES string of the molecule is Nc1nc2c(o1)CCN(C(=O)c1ccccc1Br)C2. The van der Waals surface area contributed by atoms with Crippen molar-refractivity contribution in [3.05, 3.63) is 45.8 Å². The van der Waals surface area contributed by atoms with E-state index in [-0.39, 0.29) is 11.9 Å². The van der Waals surface area contributed by atoms with E-state index in [4.69, 9.17) is 10.2 Å². The van der Waals surface area contributed by atoms with Crippen molar-refractivity contribution in [3.8, 4) is 0 Å². The Morgan fingerprint density at radius 3 is 3.00 bits per heavy atom. The lowest BCUT2D eigenvalue weighted by Crippen LogP contribution is -2.36. The van der Waals surface area contributed by atoms with Gasteiger partial charge >= 0.3 is 0 Å². The highest BCUT2D eigenvalue weighted by molar-refractivity contribution is 9.10. The highest BCUT2D eigenvalue weighted by Crippen LogP contribution is 2.24. The fourth-order valence-electron chi connectivity index (χ4n) is 2.20. The molecule has 0 fully saturated rings. The van der Waals surface area contributed by atoms with Crippen LogP contribution in [0.1, 0.15) is 21.8 Å². The number of halogens is 1. The first kappa shape index (κ1) is 12.2. The minimum Gasteiger partial charge on any atom is -0.428 e. The average Bonchev–Trinajstić information content (AvgIpc) is 2.77. The Bertz CT molecular complexity index is 639. The Kier molecular flexibility index (Phi) is 3.02. The van der Waals surface area contributed by atoms with Crippen molar-refractivity contribution in [1.29, 1.82) is 0 Å². The number of nitrogens with two attached hydrogens (primary N) is 1. The van der Waals surface area contributed by atoms with E-state index < -0.39 is 0 Å². The Balaban J connectivity index is 1.85. The minimum atomic E-state index is -0.0142. The number of oxazole rings is 1. The molecule has 0 unspecified atom stereocenters. The van der Waals surface area contributed by atoms with Crippen molar-refractivity contribution in [1.82, 2.24) is 9.88 Å². The summed E-state index contributed by atoms with van der Waals surface area (Å²) in [4.78, 5) is 18.3. The number of hydrogen-bond donors (Lipinski definition) is 1. The minimum absolute atomic E-state index is 0.0142. The number of nitrogen functional groups attached to an aromatic ring is 1. The van der Waals surface area contributed by atoms with Crippen LogP contribution in [0.5, 0.6) is 0 Å². The Labute approximate surface area is 118 Å². The van der Waals surface area contributed by atoms with E-state index in [2.05, 4.69) is 20.9 Å². The van der Waals surface area contributed by atoms with Crippen molar-refractivity contribution in [2.24, 2.45) is 0 Å². The van der Waals surface area contributed by atoms with Gasteiger partial charge in [0.1, 0.15) is 11.5 Å². The highest BCUT2D eigenvalue weighted by Gasteiger charge is 2.26. The normalized spacial score (nSPS) is 14.3. The molecule has 6 heteroatoms. The molecule has 19 heavy (non-hydrogen) atoms. The van der Waals surface area contributed by atoms with Crippen LogP contribution in [-0.2, 0) is 13.0 Å². The number of fused-ring (bicyclic) bond motifs is 1. The number of aromatic nitrogens is 1. The third-order valence-corrected chi connectivity index (χ3v) is 3.83. The number of benzene rings is 1. The second kappa shape index (κ2) is 4.70. The topological polar surface area (TPSA) is 72.4 Å². The van der Waals surface area contributed by atoms with E-state index in [1.807, 2.05) is 18.2 Å². The molecule has 1 amide bonds. The van der Waals surface area contributed by atoms with Crippen molar-refractivity contribution in [2.75, 3.05) is 12.3 Å². The number of nitrogens with zero attached hydrogens (tertiary/aromatic N) is 2. The van der Waals surface area contributed by atoms with Crippen LogP contribution in [0.3, 0.4) is 0 Å². The predicted octanol–water partition coefficient (Wildman–Crippen LogP) is 2.22. The maximum atomic E-state index is 12.4. The molecular formula is C13H12BrN3O2. The van der Waals surface area contributed by atoms with Gasteiger partial charge < -0.3 is 15.1 Å². The van der Waals surface area contributed by atoms with Gasteiger partial charge in [-0.25, -0.2) is 0 Å². The first-order valence-corrected chi connectivity index (χ1v) is 6.72. The van der Waals surface area contributed by atoms with Crippen LogP contribution in [0.2, 0.25) is 0 Å². The molecule has 98 valence electrons. The van der Waals surface area contributed by atoms with Gasteiger partial charge in [-0.2, -0.15) is 4.98 Å². The molecule has 2 aromatic rings. The van der Waals surface area contributed by atoms with Crippen molar-refractivity contribution in [3.63, 3.8) is 0 Å². The van der Waals surface area contributed by atoms with Gasteiger partial charge in [0.15, 0.2) is 0 Å². The number of amides is 1. The van der Waals surface area contributed by atoms with Gasteiger partial charge in [0.2, 0.25) is 0 Å². The average molecular weight is 322 g/mol. The van der Waals surface area contributed by atoms with Gasteiger partial charge in [0.25, 0.3) is 11.9 Å². The first-order chi connectivity index (χ1) is 9.15. The summed E-state index contributed by atoms with van der Waals surface area (Å²) < 4.78 is 6.08. The molecule has 0 saturated heterocycles. The summed E-state index contributed by atoms with van der Waals surface area (Å²) in [6.45, 7) is 1.05. The zero-order valence-corrected chi connectivity index (χ0v) is 11.7. The fourth-order valence-corrected chi connectivity index (χ4v) is 2.65. The number of hydrogen-bond acceptors (Lipinski definition) is 4. The van der Waals surface area contributed by atoms with Crippen LogP contribution in [0.4, 0.5) is 6.01 Å². The Hall–Kier alpha value is -1.82. The smallest absolute Gasteiger partial charge is 0.292 e. The summed E-state index contributed by atoms with van der Waals surface area (Å²) in [5, 5.41) is 0. The molecule has 0 atom stereocenters. The summed E-state index contributed by atoms with van der Waals surface area (Å²) in [5.74, 6) is 0.772. The lowest BCUT2D eigenvalue weighted by atomic mass is 10.1. The predicted molar refractivity (Wildman–Crippen MR) is 73.5 cm³/mol. The molecule has 0 saturated carbocycles. The molecular weight excluding hydrogens is 310 g/mol. The van der Waals surface area contributed by atoms with Crippen LogP contribution < -0.4 is 5.73 Å². The van der Waals surface area contributed by atoms with E-state index in [1.165, 1.54) is 0 Å². The van der Waals surface area contributed by atoms with Crippen molar-refractivity contribution in [2.45, 2.75) is 13.0 Å². The van der Waals surface area contributed by atoms with E-state index in [0.29, 0.717) is 25.1 Å². The quantitative estimate of drug-likeness (QED) is 0.874. The molecule has 0 aliphatic carbocycles. The summed E-state index contributed by atoms with van der Waals surface area (Å²) in [6.07, 6.45) is 0.649. The largest absolute Gasteiger partial charge is 0.428 e. The molecule has 2 heterocycles. The number of carbonyl (C=O) groups is 1. The van der Waals surface area contributed by atoms with E-state index in [1.54, 1.807) is 11.0 Å². The molecule has 1 aliphatic rings. The summed E-state index contributed by atoms with van der Waals surface area (Å²) in [6, 6.07) is 7.56. The molecule has 1 aliphatic heterocycles. The van der Waals surface area contributed by atoms with Gasteiger partial charge in [0.05, 0.1) is 12.1 Å². The third kappa shape index (κ3) is 2.23. The van der Waals surface area contributed by atoms with Gasteiger partial charge in [-0.1, -0.05) is 12.1 Å². The van der Waals surface area contributed by atoms with Crippen LogP contribution in [-0.4, -0.2) is 22.3 Å². The van der Waals surface area contributed by atoms with Gasteiger partial charge in [-0.15, -0.1) is 0 Å². The van der Waals surface area contributed by atoms with Crippen molar-refractivity contribution < 1.29 is 9.21 Å². The molecule has 5 nitrogen and oxygen atoms in total. The van der Waals surface area contributed by atoms with E-state index in [0.717, 1.165) is 15.9 Å². The fraction of sp³-hybridized carbons (Fsp3) is 0.231. The molecule has 3 rings (SSSR count). The Morgan fingerprint density at radius 1 is 1.42 bits per heavy atom. The second-order valence-corrected chi connectivity index (χ2v) is 5.23. The molecule has 0 spiro atoms. The van der Waals surface area contributed by atoms with E-state index in [9.17, 15) is 4.79 Å². The Morgan fingerprint density at radius 2 is 2.21 bits per heavy atom. The monoisotopic (exact) mass is 321 g/mol. The third-order valence-electron chi connectivity index (χ3n) is 3.14. The summed E-state index contributed by atoms with van der Waals surface area (Å²) in [7, 11) is 0. The van der Waals surface area contributed by atoms with E-state index >= 15 is 0 Å². The standard InChI is InChI=1S/C13H12BrN3O2/c14-9-4-2-1-3-8(9)12(18)17-6-5-11-10(7-17)16-13(15)19-11/h1-4H,5-7H2,(H2,15,16). The number of rotatable bonds is 1. The zero-order chi connectivity index (χ0) is 13.4. The molecule has 2 N–H and O–H groups in total. The van der Waals surface area contributed by atoms with Crippen molar-refractivity contribution >= 4 is 27.9 Å². The number of carbonyl (C=O) groups excluding carboxylic acids is 1. The molecule has 1 aromatic heterocycles. The highest BCUT2D eigenvalue weighted by atomic mass is 79.9. The van der Waals surface area contributed by atoms with Crippen LogP contribution >= 0.6 is 15.9 Å². The van der Waals surface area contributed by atoms with Gasteiger partial charge in [-0.05, 0) is 28.1 Å². The first-order valence-electron chi connectivity index (χ1n) is 5.93. The maximum Gasteiger partial charge on any atom is 0.292 e. The van der Waals surface area contributed by atoms with Gasteiger partial charge in [0, 0.05) is 17.4 Å². The molecule has 0 radical (unpaired) electrons. The molecule has 0 bridgehead atoms. The van der Waals surface area contributed by atoms with Crippen LogP contribution in [0.15, 0.2) is 33.2 Å². The molecule has 1 aromatic carbocycles. The lowest BCUT2D eigenvalue weighted by Gasteiger charge is -2.25. The van der Waals surface area contributed by atoms with Crippen LogP contribution in [0, 0.1) is 0 Å². The summed E-state index contributed by atoms with van der Waals surface area (Å²) >= 11 is 3.40. The van der Waals surface area contributed by atoms with Crippen LogP contribution in [0.25, 0.3) is 0 Å². The second-order valence-electron chi connectivity index (χ2n) is 4.38. The summed E-state index contributed by atoms with van der Waals surface area (Å²) in [5.41, 5.74) is 6.94.